The average molecular weight is 257 g/mol. The predicted octanol–water partition coefficient (Wildman–Crippen LogP) is 3.51. The SMILES string of the molecule is CNC(c1cc(F)ccc1F)C1CCCCS1. The zero-order chi connectivity index (χ0) is 12.3. The minimum atomic E-state index is -0.373. The highest BCUT2D eigenvalue weighted by Crippen LogP contribution is 2.35. The van der Waals surface area contributed by atoms with Crippen LogP contribution in [0.15, 0.2) is 18.2 Å². The zero-order valence-electron chi connectivity index (χ0n) is 9.88. The van der Waals surface area contributed by atoms with Crippen molar-refractivity contribution in [1.82, 2.24) is 5.32 Å². The minimum Gasteiger partial charge on any atom is -0.312 e. The summed E-state index contributed by atoms with van der Waals surface area (Å²) in [6.45, 7) is 0. The van der Waals surface area contributed by atoms with Crippen LogP contribution in [0.1, 0.15) is 30.9 Å². The van der Waals surface area contributed by atoms with Crippen LogP contribution in [0.25, 0.3) is 0 Å². The van der Waals surface area contributed by atoms with E-state index in [-0.39, 0.29) is 17.7 Å². The van der Waals surface area contributed by atoms with E-state index < -0.39 is 0 Å². The Balaban J connectivity index is 2.24. The van der Waals surface area contributed by atoms with E-state index in [1.807, 2.05) is 18.8 Å². The highest BCUT2D eigenvalue weighted by atomic mass is 32.2. The van der Waals surface area contributed by atoms with Gasteiger partial charge in [0.1, 0.15) is 11.6 Å². The van der Waals surface area contributed by atoms with Gasteiger partial charge in [0, 0.05) is 16.9 Å². The minimum absolute atomic E-state index is 0.101. The second kappa shape index (κ2) is 5.83. The lowest BCUT2D eigenvalue weighted by atomic mass is 9.99. The molecular weight excluding hydrogens is 240 g/mol. The van der Waals surface area contributed by atoms with E-state index in [4.69, 9.17) is 0 Å². The van der Waals surface area contributed by atoms with E-state index in [1.54, 1.807) is 0 Å². The van der Waals surface area contributed by atoms with E-state index in [0.29, 0.717) is 10.8 Å². The molecule has 0 aromatic heterocycles. The highest BCUT2D eigenvalue weighted by molar-refractivity contribution is 8.00. The van der Waals surface area contributed by atoms with Gasteiger partial charge >= 0.3 is 0 Å². The van der Waals surface area contributed by atoms with Crippen LogP contribution in [-0.2, 0) is 0 Å². The van der Waals surface area contributed by atoms with Gasteiger partial charge in [0.25, 0.3) is 0 Å². The fraction of sp³-hybridized carbons (Fsp3) is 0.538. The second-order valence-electron chi connectivity index (χ2n) is 4.34. The maximum Gasteiger partial charge on any atom is 0.128 e. The molecule has 0 amide bonds. The molecule has 1 heterocycles. The van der Waals surface area contributed by atoms with Crippen LogP contribution in [0.3, 0.4) is 0 Å². The first kappa shape index (κ1) is 12.8. The van der Waals surface area contributed by atoms with Gasteiger partial charge in [0.2, 0.25) is 0 Å². The van der Waals surface area contributed by atoms with Gasteiger partial charge in [-0.3, -0.25) is 0 Å². The van der Waals surface area contributed by atoms with Gasteiger partial charge in [-0.15, -0.1) is 0 Å². The molecule has 2 unspecified atom stereocenters. The number of hydrogen-bond acceptors (Lipinski definition) is 2. The summed E-state index contributed by atoms with van der Waals surface area (Å²) in [6.07, 6.45) is 3.46. The van der Waals surface area contributed by atoms with Crippen molar-refractivity contribution in [2.75, 3.05) is 12.8 Å². The molecule has 17 heavy (non-hydrogen) atoms. The largest absolute Gasteiger partial charge is 0.312 e. The van der Waals surface area contributed by atoms with Crippen molar-refractivity contribution in [3.05, 3.63) is 35.4 Å². The highest BCUT2D eigenvalue weighted by Gasteiger charge is 2.26. The van der Waals surface area contributed by atoms with E-state index in [0.717, 1.165) is 12.2 Å². The topological polar surface area (TPSA) is 12.0 Å². The summed E-state index contributed by atoms with van der Waals surface area (Å²) in [5.41, 5.74) is 0.451. The van der Waals surface area contributed by atoms with Gasteiger partial charge in [-0.25, -0.2) is 8.78 Å². The van der Waals surface area contributed by atoms with Gasteiger partial charge in [0.05, 0.1) is 0 Å². The molecule has 1 nitrogen and oxygen atoms in total. The lowest BCUT2D eigenvalue weighted by Crippen LogP contribution is -2.30. The monoisotopic (exact) mass is 257 g/mol. The maximum atomic E-state index is 13.7. The molecule has 1 aliphatic rings. The Hall–Kier alpha value is -0.610. The van der Waals surface area contributed by atoms with Crippen molar-refractivity contribution in [3.8, 4) is 0 Å². The Kier molecular flexibility index (Phi) is 4.40. The molecule has 1 aliphatic heterocycles. The first-order chi connectivity index (χ1) is 8.22. The standard InChI is InChI=1S/C13H17F2NS/c1-16-13(12-4-2-3-7-17-12)10-8-9(14)5-6-11(10)15/h5-6,8,12-13,16H,2-4,7H2,1H3. The second-order valence-corrected chi connectivity index (χ2v) is 5.68. The summed E-state index contributed by atoms with van der Waals surface area (Å²) < 4.78 is 27.0. The lowest BCUT2D eigenvalue weighted by Gasteiger charge is -2.30. The molecule has 0 bridgehead atoms. The van der Waals surface area contributed by atoms with Crippen LogP contribution >= 0.6 is 11.8 Å². The number of nitrogens with one attached hydrogen (secondary N) is 1. The molecule has 0 aliphatic carbocycles. The van der Waals surface area contributed by atoms with Gasteiger partial charge in [-0.1, -0.05) is 6.42 Å². The van der Waals surface area contributed by atoms with Crippen LogP contribution in [0, 0.1) is 11.6 Å². The molecule has 94 valence electrons. The van der Waals surface area contributed by atoms with Crippen molar-refractivity contribution < 1.29 is 8.78 Å². The van der Waals surface area contributed by atoms with Crippen LogP contribution in [0.4, 0.5) is 8.78 Å². The van der Waals surface area contributed by atoms with Crippen LogP contribution < -0.4 is 5.32 Å². The molecular formula is C13H17F2NS. The number of benzene rings is 1. The van der Waals surface area contributed by atoms with E-state index in [1.165, 1.54) is 31.0 Å². The van der Waals surface area contributed by atoms with Crippen LogP contribution in [0.5, 0.6) is 0 Å². The summed E-state index contributed by atoms with van der Waals surface area (Å²) in [5.74, 6) is 0.416. The van der Waals surface area contributed by atoms with Crippen molar-refractivity contribution >= 4 is 11.8 Å². The van der Waals surface area contributed by atoms with Crippen molar-refractivity contribution in [2.45, 2.75) is 30.6 Å². The molecule has 4 heteroatoms. The summed E-state index contributed by atoms with van der Waals surface area (Å²) in [4.78, 5) is 0. The molecule has 1 aromatic rings. The van der Waals surface area contributed by atoms with Crippen molar-refractivity contribution in [1.29, 1.82) is 0 Å². The number of halogens is 2. The molecule has 0 radical (unpaired) electrons. The third kappa shape index (κ3) is 2.99. The van der Waals surface area contributed by atoms with Gasteiger partial charge < -0.3 is 5.32 Å². The Morgan fingerprint density at radius 1 is 1.35 bits per heavy atom. The third-order valence-corrected chi connectivity index (χ3v) is 4.65. The van der Waals surface area contributed by atoms with Gasteiger partial charge in [0.15, 0.2) is 0 Å². The predicted molar refractivity (Wildman–Crippen MR) is 68.3 cm³/mol. The first-order valence-corrected chi connectivity index (χ1v) is 7.01. The molecule has 2 atom stereocenters. The number of hydrogen-bond donors (Lipinski definition) is 1. The van der Waals surface area contributed by atoms with Crippen LogP contribution in [0.2, 0.25) is 0 Å². The third-order valence-electron chi connectivity index (χ3n) is 3.19. The average Bonchev–Trinajstić information content (AvgIpc) is 2.36. The number of rotatable bonds is 3. The quantitative estimate of drug-likeness (QED) is 0.889. The van der Waals surface area contributed by atoms with Crippen molar-refractivity contribution in [2.24, 2.45) is 0 Å². The first-order valence-electron chi connectivity index (χ1n) is 5.96. The summed E-state index contributed by atoms with van der Waals surface area (Å²) in [6, 6.07) is 3.59. The molecule has 1 fully saturated rings. The molecule has 0 saturated carbocycles. The Morgan fingerprint density at radius 2 is 2.18 bits per heavy atom. The molecule has 1 saturated heterocycles. The summed E-state index contributed by atoms with van der Waals surface area (Å²) in [7, 11) is 1.81. The maximum absolute atomic E-state index is 13.7. The molecule has 0 spiro atoms. The molecule has 1 aromatic carbocycles. The summed E-state index contributed by atoms with van der Waals surface area (Å²) in [5, 5.41) is 3.47. The fourth-order valence-corrected chi connectivity index (χ4v) is 3.81. The van der Waals surface area contributed by atoms with E-state index >= 15 is 0 Å². The Labute approximate surface area is 105 Å². The molecule has 1 N–H and O–H groups in total. The smallest absolute Gasteiger partial charge is 0.128 e. The van der Waals surface area contributed by atoms with Gasteiger partial charge in [-0.05, 0) is 43.8 Å². The van der Waals surface area contributed by atoms with E-state index in [9.17, 15) is 8.78 Å². The molecule has 2 rings (SSSR count). The fourth-order valence-electron chi connectivity index (χ4n) is 2.32. The normalized spacial score (nSPS) is 22.4. The number of thioether (sulfide) groups is 1. The lowest BCUT2D eigenvalue weighted by molar-refractivity contribution is 0.483. The van der Waals surface area contributed by atoms with E-state index in [2.05, 4.69) is 5.32 Å². The Bertz CT molecular complexity index is 378. The van der Waals surface area contributed by atoms with Crippen molar-refractivity contribution in [3.63, 3.8) is 0 Å². The van der Waals surface area contributed by atoms with Crippen LogP contribution in [-0.4, -0.2) is 18.1 Å². The zero-order valence-corrected chi connectivity index (χ0v) is 10.7. The Morgan fingerprint density at radius 3 is 2.82 bits per heavy atom. The van der Waals surface area contributed by atoms with Gasteiger partial charge in [-0.2, -0.15) is 11.8 Å². The summed E-state index contributed by atoms with van der Waals surface area (Å²) >= 11 is 1.85.